The lowest BCUT2D eigenvalue weighted by Crippen LogP contribution is -2.62. The number of nitrogens with zero attached hydrogens (tertiary/aromatic N) is 1. The average molecular weight is 542 g/mol. The van der Waals surface area contributed by atoms with Gasteiger partial charge in [0.25, 0.3) is 0 Å². The standard InChI is InChI=1S/C29H30Cl2FN3O2/c1-28(2,3)34-27(37)35-13-12-22(17-6-4-8-19(30)14-17)29(25(35)18-7-5-9-21(32)15-18)23-11-10-20(31)16-24(23)33-26(29)36/h4-11,15-17,22,25H,12-14H2,1-3H3,(H,33,36)(H,34,37)/t17?,22-,25+,29+/m0/s1. The van der Waals surface area contributed by atoms with Crippen LogP contribution in [0.15, 0.2) is 65.7 Å². The second-order valence-corrected chi connectivity index (χ2v) is 12.0. The third-order valence-electron chi connectivity index (χ3n) is 7.55. The van der Waals surface area contributed by atoms with Crippen LogP contribution in [0.1, 0.15) is 50.8 Å². The predicted octanol–water partition coefficient (Wildman–Crippen LogP) is 6.94. The van der Waals surface area contributed by atoms with Crippen molar-refractivity contribution < 1.29 is 14.0 Å². The van der Waals surface area contributed by atoms with Gasteiger partial charge in [-0.1, -0.05) is 53.6 Å². The lowest BCUT2D eigenvalue weighted by molar-refractivity contribution is -0.129. The first-order valence-corrected chi connectivity index (χ1v) is 13.2. The molecule has 2 N–H and O–H groups in total. The highest BCUT2D eigenvalue weighted by atomic mass is 35.5. The quantitative estimate of drug-likeness (QED) is 0.432. The normalized spacial score (nSPS) is 27.1. The molecule has 1 unspecified atom stereocenters. The molecule has 2 aliphatic heterocycles. The maximum atomic E-state index is 14.7. The van der Waals surface area contributed by atoms with Crippen molar-refractivity contribution in [3.05, 3.63) is 87.7 Å². The van der Waals surface area contributed by atoms with Gasteiger partial charge in [0, 0.05) is 27.8 Å². The van der Waals surface area contributed by atoms with Gasteiger partial charge in [0.2, 0.25) is 5.91 Å². The van der Waals surface area contributed by atoms with Crippen molar-refractivity contribution in [1.82, 2.24) is 10.2 Å². The number of likely N-dealkylation sites (tertiary alicyclic amines) is 1. The van der Waals surface area contributed by atoms with Crippen molar-refractivity contribution in [2.24, 2.45) is 11.8 Å². The summed E-state index contributed by atoms with van der Waals surface area (Å²) < 4.78 is 14.7. The number of amides is 3. The highest BCUT2D eigenvalue weighted by Gasteiger charge is 2.63. The molecule has 2 heterocycles. The first-order chi connectivity index (χ1) is 17.5. The van der Waals surface area contributed by atoms with Crippen LogP contribution in [0.4, 0.5) is 14.9 Å². The molecule has 8 heteroatoms. The Balaban J connectivity index is 1.76. The summed E-state index contributed by atoms with van der Waals surface area (Å²) >= 11 is 12.8. The maximum Gasteiger partial charge on any atom is 0.318 e. The third-order valence-corrected chi connectivity index (χ3v) is 8.07. The molecule has 3 amide bonds. The van der Waals surface area contributed by atoms with Crippen LogP contribution in [0.2, 0.25) is 5.02 Å². The van der Waals surface area contributed by atoms with E-state index in [0.29, 0.717) is 40.7 Å². The van der Waals surface area contributed by atoms with Gasteiger partial charge in [0.15, 0.2) is 0 Å². The fourth-order valence-corrected chi connectivity index (χ4v) is 6.70. The number of rotatable bonds is 2. The summed E-state index contributed by atoms with van der Waals surface area (Å²) in [6, 6.07) is 10.5. The van der Waals surface area contributed by atoms with Gasteiger partial charge < -0.3 is 15.5 Å². The van der Waals surface area contributed by atoms with Crippen LogP contribution in [-0.4, -0.2) is 28.9 Å². The zero-order chi connectivity index (χ0) is 26.5. The number of hydrogen-bond acceptors (Lipinski definition) is 2. The molecular weight excluding hydrogens is 512 g/mol. The van der Waals surface area contributed by atoms with Crippen LogP contribution in [0.3, 0.4) is 0 Å². The maximum absolute atomic E-state index is 14.7. The molecular formula is C29H30Cl2FN3O2. The molecule has 2 aromatic rings. The summed E-state index contributed by atoms with van der Waals surface area (Å²) in [4.78, 5) is 29.8. The number of anilines is 1. The third kappa shape index (κ3) is 4.55. The highest BCUT2D eigenvalue weighted by molar-refractivity contribution is 6.31. The smallest absolute Gasteiger partial charge is 0.318 e. The number of fused-ring (bicyclic) bond motifs is 2. The van der Waals surface area contributed by atoms with Crippen LogP contribution < -0.4 is 10.6 Å². The largest absolute Gasteiger partial charge is 0.333 e. The molecule has 194 valence electrons. The summed E-state index contributed by atoms with van der Waals surface area (Å²) in [5, 5.41) is 7.32. The first kappa shape index (κ1) is 25.8. The van der Waals surface area contributed by atoms with Crippen LogP contribution >= 0.6 is 23.2 Å². The monoisotopic (exact) mass is 541 g/mol. The Morgan fingerprint density at radius 2 is 1.97 bits per heavy atom. The van der Waals surface area contributed by atoms with E-state index in [1.807, 2.05) is 39.0 Å². The van der Waals surface area contributed by atoms with Crippen molar-refractivity contribution in [1.29, 1.82) is 0 Å². The highest BCUT2D eigenvalue weighted by Crippen LogP contribution is 2.59. The van der Waals surface area contributed by atoms with E-state index in [9.17, 15) is 14.0 Å². The van der Waals surface area contributed by atoms with Gasteiger partial charge in [-0.2, -0.15) is 0 Å². The number of benzene rings is 2. The minimum absolute atomic E-state index is 0.0474. The number of carbonyl (C=O) groups excluding carboxylic acids is 2. The van der Waals surface area contributed by atoms with E-state index in [0.717, 1.165) is 5.56 Å². The van der Waals surface area contributed by atoms with Crippen LogP contribution in [-0.2, 0) is 10.2 Å². The number of piperidine rings is 1. The summed E-state index contributed by atoms with van der Waals surface area (Å²) in [7, 11) is 0. The van der Waals surface area contributed by atoms with Crippen molar-refractivity contribution >= 4 is 40.8 Å². The number of allylic oxidation sites excluding steroid dienone is 4. The molecule has 3 aliphatic rings. The molecule has 5 rings (SSSR count). The molecule has 0 aromatic heterocycles. The van der Waals surface area contributed by atoms with E-state index in [1.165, 1.54) is 12.1 Å². The summed E-state index contributed by atoms with van der Waals surface area (Å²) in [6.45, 7) is 6.12. The van der Waals surface area contributed by atoms with E-state index in [4.69, 9.17) is 23.2 Å². The predicted molar refractivity (Wildman–Crippen MR) is 145 cm³/mol. The molecule has 2 aromatic carbocycles. The number of halogens is 3. The molecule has 1 fully saturated rings. The van der Waals surface area contributed by atoms with Gasteiger partial charge >= 0.3 is 6.03 Å². The van der Waals surface area contributed by atoms with E-state index >= 15 is 0 Å². The van der Waals surface area contributed by atoms with Gasteiger partial charge in [-0.15, -0.1) is 0 Å². The lowest BCUT2D eigenvalue weighted by atomic mass is 9.56. The molecule has 5 nitrogen and oxygen atoms in total. The van der Waals surface area contributed by atoms with Crippen LogP contribution in [0.5, 0.6) is 0 Å². The van der Waals surface area contributed by atoms with Gasteiger partial charge in [0.05, 0.1) is 6.04 Å². The van der Waals surface area contributed by atoms with Crippen molar-refractivity contribution in [2.45, 2.75) is 50.6 Å². The molecule has 1 aliphatic carbocycles. The molecule has 4 atom stereocenters. The Kier molecular flexibility index (Phi) is 6.61. The minimum Gasteiger partial charge on any atom is -0.333 e. The Bertz CT molecular complexity index is 1320. The molecule has 0 bridgehead atoms. The molecule has 1 spiro atoms. The Labute approximate surface area is 226 Å². The number of urea groups is 1. The summed E-state index contributed by atoms with van der Waals surface area (Å²) in [5.74, 6) is -0.907. The number of carbonyl (C=O) groups is 2. The second-order valence-electron chi connectivity index (χ2n) is 11.1. The average Bonchev–Trinajstić information content (AvgIpc) is 3.08. The fraction of sp³-hybridized carbons (Fsp3) is 0.379. The van der Waals surface area contributed by atoms with E-state index in [2.05, 4.69) is 16.7 Å². The van der Waals surface area contributed by atoms with E-state index in [-0.39, 0.29) is 23.8 Å². The fourth-order valence-electron chi connectivity index (χ4n) is 6.27. The lowest BCUT2D eigenvalue weighted by Gasteiger charge is -2.53. The molecule has 37 heavy (non-hydrogen) atoms. The van der Waals surface area contributed by atoms with Crippen LogP contribution in [0, 0.1) is 17.7 Å². The Morgan fingerprint density at radius 3 is 2.68 bits per heavy atom. The van der Waals surface area contributed by atoms with Gasteiger partial charge in [0.1, 0.15) is 11.2 Å². The minimum atomic E-state index is -1.19. The van der Waals surface area contributed by atoms with E-state index < -0.39 is 22.8 Å². The molecule has 0 saturated carbocycles. The van der Waals surface area contributed by atoms with Crippen molar-refractivity contribution in [2.75, 3.05) is 11.9 Å². The molecule has 0 radical (unpaired) electrons. The van der Waals surface area contributed by atoms with Crippen molar-refractivity contribution in [3.63, 3.8) is 0 Å². The van der Waals surface area contributed by atoms with Crippen LogP contribution in [0.25, 0.3) is 0 Å². The summed E-state index contributed by atoms with van der Waals surface area (Å²) in [6.07, 6.45) is 7.04. The number of nitrogens with one attached hydrogen (secondary N) is 2. The SMILES string of the molecule is CC(C)(C)NC(=O)N1CC[C@@H](C2C=CC=C(Cl)C2)[C@]2(C(=O)Nc3cc(Cl)ccc32)[C@H]1c1cccc(F)c1. The Hall–Kier alpha value is -2.83. The Morgan fingerprint density at radius 1 is 1.19 bits per heavy atom. The van der Waals surface area contributed by atoms with Gasteiger partial charge in [-0.05, 0) is 86.9 Å². The van der Waals surface area contributed by atoms with Gasteiger partial charge in [-0.3, -0.25) is 4.79 Å². The molecule has 1 saturated heterocycles. The summed E-state index contributed by atoms with van der Waals surface area (Å²) in [5.41, 5.74) is 0.247. The topological polar surface area (TPSA) is 61.4 Å². The van der Waals surface area contributed by atoms with Gasteiger partial charge in [-0.25, -0.2) is 9.18 Å². The van der Waals surface area contributed by atoms with Crippen molar-refractivity contribution in [3.8, 4) is 0 Å². The zero-order valence-corrected chi connectivity index (χ0v) is 22.5. The second kappa shape index (κ2) is 9.48. The number of hydrogen-bond donors (Lipinski definition) is 2. The first-order valence-electron chi connectivity index (χ1n) is 12.5. The zero-order valence-electron chi connectivity index (χ0n) is 21.0. The van der Waals surface area contributed by atoms with E-state index in [1.54, 1.807) is 29.2 Å².